The topological polar surface area (TPSA) is 39.8 Å². The highest BCUT2D eigenvalue weighted by Gasteiger charge is 2.22. The van der Waals surface area contributed by atoms with Crippen LogP contribution in [0.4, 0.5) is 0 Å². The number of aromatic nitrogens is 3. The van der Waals surface area contributed by atoms with Gasteiger partial charge in [-0.05, 0) is 25.3 Å². The molecule has 0 fully saturated rings. The van der Waals surface area contributed by atoms with Gasteiger partial charge >= 0.3 is 0 Å². The summed E-state index contributed by atoms with van der Waals surface area (Å²) in [7, 11) is 1.93. The van der Waals surface area contributed by atoms with Crippen molar-refractivity contribution in [2.45, 2.75) is 32.6 Å². The third-order valence-electron chi connectivity index (χ3n) is 3.59. The monoisotopic (exact) mass is 243 g/mol. The maximum atomic E-state index is 11.9. The number of fused-ring (bicyclic) bond motifs is 1. The molecule has 3 rings (SSSR count). The molecule has 0 aliphatic heterocycles. The highest BCUT2D eigenvalue weighted by atomic mass is 16.1. The van der Waals surface area contributed by atoms with Crippen LogP contribution in [0.1, 0.15) is 41.5 Å². The molecule has 18 heavy (non-hydrogen) atoms. The van der Waals surface area contributed by atoms with Crippen molar-refractivity contribution in [1.82, 2.24) is 14.3 Å². The fraction of sp³-hybridized carbons (Fsp3) is 0.429. The molecule has 0 spiro atoms. The lowest BCUT2D eigenvalue weighted by Crippen LogP contribution is -2.12. The molecule has 0 saturated heterocycles. The summed E-state index contributed by atoms with van der Waals surface area (Å²) in [5, 5.41) is 4.46. The van der Waals surface area contributed by atoms with Crippen molar-refractivity contribution in [3.8, 4) is 5.69 Å². The standard InChI is InChI=1S/C14H17N3O/c1-3-11-13(9-16(2)15-11)17-8-7-10-12(17)5-4-6-14(10)18/h7-9H,3-6H2,1-2H3. The summed E-state index contributed by atoms with van der Waals surface area (Å²) < 4.78 is 3.98. The number of hydrogen-bond acceptors (Lipinski definition) is 2. The smallest absolute Gasteiger partial charge is 0.164 e. The Kier molecular flexibility index (Phi) is 2.58. The lowest BCUT2D eigenvalue weighted by atomic mass is 9.97. The van der Waals surface area contributed by atoms with Crippen molar-refractivity contribution < 1.29 is 4.79 Å². The van der Waals surface area contributed by atoms with E-state index in [9.17, 15) is 4.79 Å². The van der Waals surface area contributed by atoms with Crippen LogP contribution in [0.25, 0.3) is 5.69 Å². The van der Waals surface area contributed by atoms with E-state index in [-0.39, 0.29) is 5.78 Å². The van der Waals surface area contributed by atoms with E-state index in [0.717, 1.165) is 41.9 Å². The van der Waals surface area contributed by atoms with Crippen LogP contribution in [0.3, 0.4) is 0 Å². The van der Waals surface area contributed by atoms with Gasteiger partial charge in [0.1, 0.15) is 0 Å². The van der Waals surface area contributed by atoms with Crippen molar-refractivity contribution in [2.24, 2.45) is 7.05 Å². The molecule has 0 bridgehead atoms. The van der Waals surface area contributed by atoms with E-state index >= 15 is 0 Å². The van der Waals surface area contributed by atoms with Crippen LogP contribution in [-0.2, 0) is 19.9 Å². The first-order valence-electron chi connectivity index (χ1n) is 6.47. The number of carbonyl (C=O) groups is 1. The van der Waals surface area contributed by atoms with Gasteiger partial charge in [-0.1, -0.05) is 6.92 Å². The Morgan fingerprint density at radius 3 is 3.00 bits per heavy atom. The van der Waals surface area contributed by atoms with Gasteiger partial charge in [0.2, 0.25) is 0 Å². The SMILES string of the molecule is CCc1nn(C)cc1-n1ccc2c1CCCC2=O. The van der Waals surface area contributed by atoms with Gasteiger partial charge in [-0.2, -0.15) is 5.10 Å². The Morgan fingerprint density at radius 2 is 2.22 bits per heavy atom. The maximum Gasteiger partial charge on any atom is 0.164 e. The molecular weight excluding hydrogens is 226 g/mol. The predicted octanol–water partition coefficient (Wildman–Crippen LogP) is 2.29. The second-order valence-corrected chi connectivity index (χ2v) is 4.81. The van der Waals surface area contributed by atoms with E-state index in [1.165, 1.54) is 0 Å². The zero-order valence-corrected chi connectivity index (χ0v) is 10.8. The first kappa shape index (κ1) is 11.3. The van der Waals surface area contributed by atoms with Crippen LogP contribution in [0, 0.1) is 0 Å². The van der Waals surface area contributed by atoms with Crippen LogP contribution < -0.4 is 0 Å². The summed E-state index contributed by atoms with van der Waals surface area (Å²) in [5.41, 5.74) is 4.23. The predicted molar refractivity (Wildman–Crippen MR) is 69.2 cm³/mol. The molecule has 1 aliphatic rings. The number of nitrogens with zero attached hydrogens (tertiary/aromatic N) is 3. The Morgan fingerprint density at radius 1 is 1.39 bits per heavy atom. The normalized spacial score (nSPS) is 14.9. The molecule has 4 heteroatoms. The van der Waals surface area contributed by atoms with Gasteiger partial charge in [0.15, 0.2) is 5.78 Å². The van der Waals surface area contributed by atoms with E-state index in [1.807, 2.05) is 30.2 Å². The van der Waals surface area contributed by atoms with Crippen LogP contribution in [0.5, 0.6) is 0 Å². The molecule has 4 nitrogen and oxygen atoms in total. The molecule has 0 N–H and O–H groups in total. The van der Waals surface area contributed by atoms with Crippen LogP contribution in [-0.4, -0.2) is 20.1 Å². The first-order chi connectivity index (χ1) is 8.70. The number of carbonyl (C=O) groups excluding carboxylic acids is 1. The fourth-order valence-corrected chi connectivity index (χ4v) is 2.73. The van der Waals surface area contributed by atoms with Gasteiger partial charge in [-0.15, -0.1) is 0 Å². The third-order valence-corrected chi connectivity index (χ3v) is 3.59. The Labute approximate surface area is 106 Å². The molecule has 0 unspecified atom stereocenters. The second kappa shape index (κ2) is 4.12. The van der Waals surface area contributed by atoms with Gasteiger partial charge in [0, 0.05) is 37.1 Å². The molecule has 2 aromatic rings. The largest absolute Gasteiger partial charge is 0.317 e. The molecule has 2 heterocycles. The lowest BCUT2D eigenvalue weighted by Gasteiger charge is -2.14. The van der Waals surface area contributed by atoms with Gasteiger partial charge < -0.3 is 4.57 Å². The molecular formula is C14H17N3O. The molecule has 0 atom stereocenters. The number of Topliss-reactive ketones (excluding diaryl/α,β-unsaturated/α-hetero) is 1. The summed E-state index contributed by atoms with van der Waals surface area (Å²) >= 11 is 0. The van der Waals surface area contributed by atoms with E-state index in [1.54, 1.807) is 0 Å². The Balaban J connectivity index is 2.15. The van der Waals surface area contributed by atoms with Gasteiger partial charge in [0.05, 0.1) is 11.4 Å². The van der Waals surface area contributed by atoms with Crippen molar-refractivity contribution in [3.63, 3.8) is 0 Å². The summed E-state index contributed by atoms with van der Waals surface area (Å²) in [6.07, 6.45) is 7.55. The fourth-order valence-electron chi connectivity index (χ4n) is 2.73. The minimum Gasteiger partial charge on any atom is -0.317 e. The maximum absolute atomic E-state index is 11.9. The summed E-state index contributed by atoms with van der Waals surface area (Å²) in [4.78, 5) is 11.9. The zero-order chi connectivity index (χ0) is 12.7. The van der Waals surface area contributed by atoms with Crippen molar-refractivity contribution >= 4 is 5.78 Å². The second-order valence-electron chi connectivity index (χ2n) is 4.81. The van der Waals surface area contributed by atoms with Crippen LogP contribution in [0.15, 0.2) is 18.5 Å². The van der Waals surface area contributed by atoms with E-state index in [4.69, 9.17) is 0 Å². The average molecular weight is 243 g/mol. The number of hydrogen-bond donors (Lipinski definition) is 0. The summed E-state index contributed by atoms with van der Waals surface area (Å²) in [5.74, 6) is 0.275. The molecule has 0 saturated carbocycles. The van der Waals surface area contributed by atoms with E-state index in [2.05, 4.69) is 16.6 Å². The van der Waals surface area contributed by atoms with Gasteiger partial charge in [-0.3, -0.25) is 9.48 Å². The Hall–Kier alpha value is -1.84. The molecule has 0 amide bonds. The first-order valence-corrected chi connectivity index (χ1v) is 6.47. The third kappa shape index (κ3) is 1.60. The molecule has 94 valence electrons. The van der Waals surface area contributed by atoms with Crippen LogP contribution in [0.2, 0.25) is 0 Å². The summed E-state index contributed by atoms with van der Waals surface area (Å²) in [6.45, 7) is 2.10. The molecule has 2 aromatic heterocycles. The highest BCUT2D eigenvalue weighted by molar-refractivity contribution is 5.98. The van der Waals surface area contributed by atoms with Crippen molar-refractivity contribution in [3.05, 3.63) is 35.4 Å². The highest BCUT2D eigenvalue weighted by Crippen LogP contribution is 2.26. The van der Waals surface area contributed by atoms with Crippen molar-refractivity contribution in [2.75, 3.05) is 0 Å². The van der Waals surface area contributed by atoms with Crippen LogP contribution >= 0.6 is 0 Å². The average Bonchev–Trinajstić information content (AvgIpc) is 2.93. The van der Waals surface area contributed by atoms with Crippen molar-refractivity contribution in [1.29, 1.82) is 0 Å². The number of ketones is 1. The Bertz CT molecular complexity index is 607. The van der Waals surface area contributed by atoms with Gasteiger partial charge in [0.25, 0.3) is 0 Å². The van der Waals surface area contributed by atoms with E-state index < -0.39 is 0 Å². The summed E-state index contributed by atoms with van der Waals surface area (Å²) in [6, 6.07) is 1.95. The molecule has 0 radical (unpaired) electrons. The lowest BCUT2D eigenvalue weighted by molar-refractivity contribution is 0.0972. The quantitative estimate of drug-likeness (QED) is 0.812. The minimum absolute atomic E-state index is 0.275. The minimum atomic E-state index is 0.275. The zero-order valence-electron chi connectivity index (χ0n) is 10.8. The molecule has 1 aliphatic carbocycles. The number of rotatable bonds is 2. The van der Waals surface area contributed by atoms with Gasteiger partial charge in [-0.25, -0.2) is 0 Å². The number of aryl methyl sites for hydroxylation is 2. The van der Waals surface area contributed by atoms with E-state index in [0.29, 0.717) is 6.42 Å². The molecule has 0 aromatic carbocycles.